The molecule has 0 bridgehead atoms. The number of hydrogen-bond donors (Lipinski definition) is 2. The van der Waals surface area contributed by atoms with Gasteiger partial charge in [-0.1, -0.05) is 42.5 Å². The molecule has 0 spiro atoms. The van der Waals surface area contributed by atoms with E-state index in [2.05, 4.69) is 5.32 Å². The molecule has 0 radical (unpaired) electrons. The van der Waals surface area contributed by atoms with Crippen LogP contribution in [0.4, 0.5) is 17.6 Å². The quantitative estimate of drug-likeness (QED) is 0.213. The third-order valence-electron chi connectivity index (χ3n) is 6.61. The molecule has 5 nitrogen and oxygen atoms in total. The van der Waals surface area contributed by atoms with Crippen molar-refractivity contribution >= 4 is 22.8 Å². The summed E-state index contributed by atoms with van der Waals surface area (Å²) in [5, 5.41) is 12.7. The van der Waals surface area contributed by atoms with Gasteiger partial charge in [-0.3, -0.25) is 4.79 Å². The predicted molar refractivity (Wildman–Crippen MR) is 142 cm³/mol. The van der Waals surface area contributed by atoms with E-state index in [1.54, 1.807) is 47.2 Å². The summed E-state index contributed by atoms with van der Waals surface area (Å²) in [6.07, 6.45) is -2.68. The van der Waals surface area contributed by atoms with E-state index in [1.165, 1.54) is 36.4 Å². The number of amides is 1. The van der Waals surface area contributed by atoms with Crippen LogP contribution in [0.1, 0.15) is 37.4 Å². The van der Waals surface area contributed by atoms with E-state index >= 15 is 0 Å². The number of carbonyl (C=O) groups excluding carboxylic acids is 1. The zero-order valence-corrected chi connectivity index (χ0v) is 20.9. The second kappa shape index (κ2) is 10.7. The van der Waals surface area contributed by atoms with E-state index in [4.69, 9.17) is 5.11 Å². The Kier molecular flexibility index (Phi) is 7.13. The average molecular weight is 547 g/mol. The zero-order chi connectivity index (χ0) is 28.4. The number of fused-ring (bicyclic) bond motifs is 1. The van der Waals surface area contributed by atoms with Crippen molar-refractivity contribution in [2.75, 3.05) is 0 Å². The molecule has 2 N–H and O–H groups in total. The van der Waals surface area contributed by atoms with E-state index in [0.29, 0.717) is 22.2 Å². The molecule has 5 aromatic rings. The number of nitrogens with zero attached hydrogens (tertiary/aromatic N) is 1. The number of benzene rings is 4. The first-order chi connectivity index (χ1) is 19.1. The zero-order valence-electron chi connectivity index (χ0n) is 20.9. The highest BCUT2D eigenvalue weighted by molar-refractivity contribution is 6.10. The first kappa shape index (κ1) is 26.7. The van der Waals surface area contributed by atoms with Gasteiger partial charge in [0.15, 0.2) is 0 Å². The van der Waals surface area contributed by atoms with Gasteiger partial charge in [0.2, 0.25) is 0 Å². The van der Waals surface area contributed by atoms with Gasteiger partial charge >= 0.3 is 12.1 Å². The second-order valence-corrected chi connectivity index (χ2v) is 9.25. The molecule has 40 heavy (non-hydrogen) atoms. The fourth-order valence-electron chi connectivity index (χ4n) is 4.56. The van der Waals surface area contributed by atoms with E-state index < -0.39 is 17.7 Å². The summed E-state index contributed by atoms with van der Waals surface area (Å²) in [4.78, 5) is 24.5. The van der Waals surface area contributed by atoms with Crippen molar-refractivity contribution in [1.29, 1.82) is 0 Å². The van der Waals surface area contributed by atoms with Crippen molar-refractivity contribution in [3.8, 4) is 11.1 Å². The number of carboxylic acids is 1. The lowest BCUT2D eigenvalue weighted by Crippen LogP contribution is -2.23. The number of aromatic nitrogens is 1. The lowest BCUT2D eigenvalue weighted by atomic mass is 9.98. The minimum absolute atomic E-state index is 0.134. The number of rotatable bonds is 7. The van der Waals surface area contributed by atoms with Gasteiger partial charge in [0.25, 0.3) is 5.91 Å². The minimum Gasteiger partial charge on any atom is -0.478 e. The van der Waals surface area contributed by atoms with Crippen LogP contribution in [0.5, 0.6) is 0 Å². The largest absolute Gasteiger partial charge is 0.478 e. The fraction of sp³-hybridized carbons (Fsp3) is 0.0968. The number of aromatic carboxylic acids is 1. The summed E-state index contributed by atoms with van der Waals surface area (Å²) >= 11 is 0. The first-order valence-electron chi connectivity index (χ1n) is 12.2. The Bertz CT molecular complexity index is 1690. The maximum atomic E-state index is 13.6. The second-order valence-electron chi connectivity index (χ2n) is 9.25. The lowest BCUT2D eigenvalue weighted by Gasteiger charge is -2.14. The fourth-order valence-corrected chi connectivity index (χ4v) is 4.56. The molecule has 0 fully saturated rings. The minimum atomic E-state index is -4.44. The van der Waals surface area contributed by atoms with Gasteiger partial charge in [-0.15, -0.1) is 0 Å². The third-order valence-corrected chi connectivity index (χ3v) is 6.61. The number of carbonyl (C=O) groups is 2. The van der Waals surface area contributed by atoms with Gasteiger partial charge in [-0.25, -0.2) is 9.18 Å². The lowest BCUT2D eigenvalue weighted by molar-refractivity contribution is -0.137. The molecule has 0 aliphatic heterocycles. The molecule has 0 atom stereocenters. The van der Waals surface area contributed by atoms with Gasteiger partial charge in [-0.2, -0.15) is 13.2 Å². The van der Waals surface area contributed by atoms with Gasteiger partial charge in [0.05, 0.1) is 22.2 Å². The monoisotopic (exact) mass is 546 g/mol. The Morgan fingerprint density at radius 3 is 2.08 bits per heavy atom. The van der Waals surface area contributed by atoms with Crippen molar-refractivity contribution in [1.82, 2.24) is 9.88 Å². The van der Waals surface area contributed by atoms with Crippen LogP contribution in [0, 0.1) is 5.82 Å². The summed E-state index contributed by atoms with van der Waals surface area (Å²) in [6, 6.07) is 22.2. The molecular formula is C31H22F4N2O3. The Morgan fingerprint density at radius 1 is 0.800 bits per heavy atom. The van der Waals surface area contributed by atoms with Crippen LogP contribution in [-0.4, -0.2) is 21.6 Å². The molecule has 4 aromatic carbocycles. The van der Waals surface area contributed by atoms with Crippen LogP contribution >= 0.6 is 0 Å². The summed E-state index contributed by atoms with van der Waals surface area (Å²) < 4.78 is 54.4. The molecular weight excluding hydrogens is 524 g/mol. The highest BCUT2D eigenvalue weighted by Crippen LogP contribution is 2.33. The van der Waals surface area contributed by atoms with E-state index in [1.807, 2.05) is 6.07 Å². The average Bonchev–Trinajstić information content (AvgIpc) is 3.35. The van der Waals surface area contributed by atoms with Crippen LogP contribution in [0.3, 0.4) is 0 Å². The molecule has 0 saturated carbocycles. The van der Waals surface area contributed by atoms with Crippen molar-refractivity contribution in [3.05, 3.63) is 131 Å². The highest BCUT2D eigenvalue weighted by Gasteiger charge is 2.30. The van der Waals surface area contributed by atoms with Gasteiger partial charge in [0, 0.05) is 24.7 Å². The Hall–Kier alpha value is -4.92. The normalized spacial score (nSPS) is 11.5. The standard InChI is InChI=1S/C31H22F4N2O3/c32-24-11-7-21(8-12-24)25-13-14-27(29(38)36-17-19-1-5-22(6-2-19)30(39)40)28-26(25)15-16-37(28)18-20-3-9-23(10-4-20)31(33,34)35/h1-16H,17-18H2,(H,36,38)(H,39,40). The number of alkyl halides is 3. The van der Waals surface area contributed by atoms with Crippen LogP contribution in [-0.2, 0) is 19.3 Å². The first-order valence-corrected chi connectivity index (χ1v) is 12.2. The van der Waals surface area contributed by atoms with Crippen molar-refractivity contribution in [2.45, 2.75) is 19.3 Å². The van der Waals surface area contributed by atoms with Crippen molar-refractivity contribution in [2.24, 2.45) is 0 Å². The topological polar surface area (TPSA) is 71.3 Å². The van der Waals surface area contributed by atoms with Gasteiger partial charge in [-0.05, 0) is 70.8 Å². The molecule has 1 amide bonds. The molecule has 1 aromatic heterocycles. The molecule has 0 aliphatic rings. The molecule has 0 aliphatic carbocycles. The maximum absolute atomic E-state index is 13.6. The maximum Gasteiger partial charge on any atom is 0.416 e. The number of carboxylic acid groups (broad SMARTS) is 1. The predicted octanol–water partition coefficient (Wildman–Crippen LogP) is 7.14. The van der Waals surface area contributed by atoms with Crippen LogP contribution < -0.4 is 5.32 Å². The van der Waals surface area contributed by atoms with Gasteiger partial charge < -0.3 is 15.0 Å². The van der Waals surface area contributed by atoms with Crippen LogP contribution in [0.25, 0.3) is 22.0 Å². The molecule has 9 heteroatoms. The third kappa shape index (κ3) is 5.58. The molecule has 5 rings (SSSR count). The molecule has 202 valence electrons. The summed E-state index contributed by atoms with van der Waals surface area (Å²) in [6.45, 7) is 0.366. The van der Waals surface area contributed by atoms with Crippen molar-refractivity contribution < 1.29 is 32.3 Å². The highest BCUT2D eigenvalue weighted by atomic mass is 19.4. The Labute approximate surface area is 226 Å². The van der Waals surface area contributed by atoms with Crippen LogP contribution in [0.15, 0.2) is 97.2 Å². The summed E-state index contributed by atoms with van der Waals surface area (Å²) in [5.74, 6) is -1.81. The SMILES string of the molecule is O=C(O)c1ccc(CNC(=O)c2ccc(-c3ccc(F)cc3)c3ccn(Cc4ccc(C(F)(F)F)cc4)c23)cc1. The van der Waals surface area contributed by atoms with E-state index in [-0.39, 0.29) is 30.4 Å². The number of hydrogen-bond acceptors (Lipinski definition) is 2. The summed E-state index contributed by atoms with van der Waals surface area (Å²) in [5.41, 5.74) is 3.13. The molecule has 0 unspecified atom stereocenters. The number of halogens is 4. The summed E-state index contributed by atoms with van der Waals surface area (Å²) in [7, 11) is 0. The smallest absolute Gasteiger partial charge is 0.416 e. The van der Waals surface area contributed by atoms with Crippen LogP contribution in [0.2, 0.25) is 0 Å². The Morgan fingerprint density at radius 2 is 1.45 bits per heavy atom. The number of nitrogens with one attached hydrogen (secondary N) is 1. The van der Waals surface area contributed by atoms with Gasteiger partial charge in [0.1, 0.15) is 5.82 Å². The van der Waals surface area contributed by atoms with E-state index in [9.17, 15) is 27.2 Å². The van der Waals surface area contributed by atoms with E-state index in [0.717, 1.165) is 28.6 Å². The Balaban J connectivity index is 1.50. The van der Waals surface area contributed by atoms with Crippen molar-refractivity contribution in [3.63, 3.8) is 0 Å². The molecule has 1 heterocycles. The molecule has 0 saturated heterocycles.